The van der Waals surface area contributed by atoms with E-state index in [0.29, 0.717) is 0 Å². The molecule has 0 saturated heterocycles. The van der Waals surface area contributed by atoms with E-state index in [1.54, 1.807) is 7.05 Å². The van der Waals surface area contributed by atoms with E-state index in [4.69, 9.17) is 5.73 Å². The highest BCUT2D eigenvalue weighted by atomic mass is 19.4. The Balaban J connectivity index is 2.91. The number of nitrogens with two attached hydrogens (primary N) is 1. The monoisotopic (exact) mass is 193 g/mol. The molecule has 0 radical (unpaired) electrons. The van der Waals surface area contributed by atoms with E-state index in [0.717, 1.165) is 0 Å². The van der Waals surface area contributed by atoms with Crippen LogP contribution in [0.5, 0.6) is 0 Å². The molecular weight excluding hydrogens is 183 g/mol. The molecule has 0 saturated carbocycles. The largest absolute Gasteiger partial charge is 0.397 e. The van der Waals surface area contributed by atoms with Gasteiger partial charge in [0.05, 0.1) is 12.1 Å². The second kappa shape index (κ2) is 3.37. The Morgan fingerprint density at radius 3 is 2.54 bits per heavy atom. The van der Waals surface area contributed by atoms with Gasteiger partial charge in [-0.1, -0.05) is 0 Å². The molecule has 1 rings (SSSR count). The minimum absolute atomic E-state index is 0.109. The normalized spacial score (nSPS) is 14.5. The maximum absolute atomic E-state index is 12.3. The molecule has 3 nitrogen and oxygen atoms in total. The predicted octanol–water partition coefficient (Wildman–Crippen LogP) is 1.02. The summed E-state index contributed by atoms with van der Waals surface area (Å²) in [6.07, 6.45) is -1.78. The topological polar surface area (TPSA) is 43.8 Å². The van der Waals surface area contributed by atoms with Crippen LogP contribution in [-0.2, 0) is 7.05 Å². The van der Waals surface area contributed by atoms with Crippen LogP contribution >= 0.6 is 0 Å². The van der Waals surface area contributed by atoms with Crippen LogP contribution < -0.4 is 5.73 Å². The molecule has 0 aliphatic heterocycles. The summed E-state index contributed by atoms with van der Waals surface area (Å²) in [5.74, 6) is -1.61. The zero-order chi connectivity index (χ0) is 10.1. The van der Waals surface area contributed by atoms with Crippen molar-refractivity contribution in [3.8, 4) is 0 Å². The Hall–Kier alpha value is -1.04. The molecule has 0 aliphatic carbocycles. The molecule has 2 N–H and O–H groups in total. The molecule has 0 spiro atoms. The van der Waals surface area contributed by atoms with Gasteiger partial charge in [0.1, 0.15) is 0 Å². The Morgan fingerprint density at radius 2 is 2.23 bits per heavy atom. The van der Waals surface area contributed by atoms with Crippen LogP contribution in [0.2, 0.25) is 0 Å². The second-order valence-corrected chi connectivity index (χ2v) is 2.78. The molecule has 1 aromatic heterocycles. The van der Waals surface area contributed by atoms with Crippen molar-refractivity contribution in [3.63, 3.8) is 0 Å². The van der Waals surface area contributed by atoms with Crippen molar-refractivity contribution < 1.29 is 13.2 Å². The summed E-state index contributed by atoms with van der Waals surface area (Å²) in [4.78, 5) is 0. The number of hydrogen-bond donors (Lipinski definition) is 1. The average molecular weight is 193 g/mol. The van der Waals surface area contributed by atoms with Gasteiger partial charge in [-0.3, -0.25) is 4.68 Å². The molecule has 6 heteroatoms. The Bertz CT molecular complexity index is 279. The highest BCUT2D eigenvalue weighted by molar-refractivity contribution is 5.13. The third-order valence-electron chi connectivity index (χ3n) is 1.76. The first-order valence-electron chi connectivity index (χ1n) is 3.70. The van der Waals surface area contributed by atoms with E-state index in [-0.39, 0.29) is 5.56 Å². The molecule has 1 unspecified atom stereocenters. The van der Waals surface area contributed by atoms with Crippen LogP contribution in [0.3, 0.4) is 0 Å². The van der Waals surface area contributed by atoms with Gasteiger partial charge >= 0.3 is 6.18 Å². The number of hydrogen-bond acceptors (Lipinski definition) is 2. The van der Waals surface area contributed by atoms with Crippen LogP contribution in [-0.4, -0.2) is 22.5 Å². The van der Waals surface area contributed by atoms with Crippen molar-refractivity contribution >= 4 is 0 Å². The van der Waals surface area contributed by atoms with E-state index in [2.05, 4.69) is 5.10 Å². The number of halogens is 3. The molecule has 0 amide bonds. The first kappa shape index (κ1) is 10.0. The Kier molecular flexibility index (Phi) is 2.60. The maximum atomic E-state index is 12.3. The summed E-state index contributed by atoms with van der Waals surface area (Å²) in [5, 5.41) is 3.66. The first-order valence-corrected chi connectivity index (χ1v) is 3.70. The van der Waals surface area contributed by atoms with E-state index in [1.807, 2.05) is 0 Å². The molecule has 1 aromatic rings. The zero-order valence-corrected chi connectivity index (χ0v) is 7.04. The standard InChI is InChI=1S/C7H10F3N3/c1-13-4-5(3-12-13)6(2-11)7(8,9)10/h3-4,6H,2,11H2,1H3. The van der Waals surface area contributed by atoms with Gasteiger partial charge in [-0.25, -0.2) is 0 Å². The summed E-state index contributed by atoms with van der Waals surface area (Å²) in [6, 6.07) is 0. The quantitative estimate of drug-likeness (QED) is 0.762. The average Bonchev–Trinajstić information content (AvgIpc) is 2.34. The number of nitrogens with zero attached hydrogens (tertiary/aromatic N) is 2. The Labute approximate surface area is 73.3 Å². The van der Waals surface area contributed by atoms with Gasteiger partial charge in [0, 0.05) is 25.4 Å². The molecular formula is C7H10F3N3. The summed E-state index contributed by atoms with van der Waals surface area (Å²) in [5.41, 5.74) is 5.15. The molecule has 1 atom stereocenters. The van der Waals surface area contributed by atoms with Crippen molar-refractivity contribution in [3.05, 3.63) is 18.0 Å². The number of rotatable bonds is 2. The Morgan fingerprint density at radius 1 is 1.62 bits per heavy atom. The van der Waals surface area contributed by atoms with E-state index in [9.17, 15) is 13.2 Å². The lowest BCUT2D eigenvalue weighted by Crippen LogP contribution is -2.27. The third-order valence-corrected chi connectivity index (χ3v) is 1.76. The molecule has 13 heavy (non-hydrogen) atoms. The molecule has 0 aliphatic rings. The lowest BCUT2D eigenvalue weighted by molar-refractivity contribution is -0.148. The number of aromatic nitrogens is 2. The summed E-state index contributed by atoms with van der Waals surface area (Å²) >= 11 is 0. The highest BCUT2D eigenvalue weighted by Gasteiger charge is 2.40. The fraction of sp³-hybridized carbons (Fsp3) is 0.571. The lowest BCUT2D eigenvalue weighted by atomic mass is 10.0. The molecule has 1 heterocycles. The van der Waals surface area contributed by atoms with Crippen molar-refractivity contribution in [1.29, 1.82) is 0 Å². The molecule has 0 bridgehead atoms. The second-order valence-electron chi connectivity index (χ2n) is 2.78. The minimum Gasteiger partial charge on any atom is -0.330 e. The number of alkyl halides is 3. The van der Waals surface area contributed by atoms with Gasteiger partial charge in [-0.2, -0.15) is 18.3 Å². The van der Waals surface area contributed by atoms with Crippen molar-refractivity contribution in [1.82, 2.24) is 9.78 Å². The highest BCUT2D eigenvalue weighted by Crippen LogP contribution is 2.33. The predicted molar refractivity (Wildman–Crippen MR) is 41.1 cm³/mol. The van der Waals surface area contributed by atoms with Crippen molar-refractivity contribution in [2.24, 2.45) is 12.8 Å². The van der Waals surface area contributed by atoms with Crippen molar-refractivity contribution in [2.45, 2.75) is 12.1 Å². The van der Waals surface area contributed by atoms with Gasteiger partial charge in [0.2, 0.25) is 0 Å². The lowest BCUT2D eigenvalue weighted by Gasteiger charge is -2.16. The number of aryl methyl sites for hydroxylation is 1. The fourth-order valence-electron chi connectivity index (χ4n) is 1.08. The summed E-state index contributed by atoms with van der Waals surface area (Å²) in [6.45, 7) is -0.449. The third kappa shape index (κ3) is 2.21. The van der Waals surface area contributed by atoms with E-state index in [1.165, 1.54) is 17.1 Å². The SMILES string of the molecule is Cn1cc(C(CN)C(F)(F)F)cn1. The smallest absolute Gasteiger partial charge is 0.330 e. The van der Waals surface area contributed by atoms with Gasteiger partial charge in [0.25, 0.3) is 0 Å². The van der Waals surface area contributed by atoms with Crippen LogP contribution in [0.4, 0.5) is 13.2 Å². The van der Waals surface area contributed by atoms with Gasteiger partial charge in [0.15, 0.2) is 0 Å². The first-order chi connectivity index (χ1) is 5.95. The van der Waals surface area contributed by atoms with Gasteiger partial charge in [-0.05, 0) is 0 Å². The minimum atomic E-state index is -4.29. The van der Waals surface area contributed by atoms with Crippen LogP contribution in [0.15, 0.2) is 12.4 Å². The maximum Gasteiger partial charge on any atom is 0.397 e. The van der Waals surface area contributed by atoms with Crippen LogP contribution in [0.25, 0.3) is 0 Å². The zero-order valence-electron chi connectivity index (χ0n) is 7.04. The molecule has 0 fully saturated rings. The van der Waals surface area contributed by atoms with Gasteiger partial charge < -0.3 is 5.73 Å². The van der Waals surface area contributed by atoms with Crippen molar-refractivity contribution in [2.75, 3.05) is 6.54 Å². The molecule has 74 valence electrons. The van der Waals surface area contributed by atoms with Crippen LogP contribution in [0, 0.1) is 0 Å². The fourth-order valence-corrected chi connectivity index (χ4v) is 1.08. The summed E-state index contributed by atoms with van der Waals surface area (Å²) in [7, 11) is 1.56. The molecule has 0 aromatic carbocycles. The van der Waals surface area contributed by atoms with E-state index >= 15 is 0 Å². The van der Waals surface area contributed by atoms with Gasteiger partial charge in [-0.15, -0.1) is 0 Å². The summed E-state index contributed by atoms with van der Waals surface area (Å²) < 4.78 is 38.2. The van der Waals surface area contributed by atoms with E-state index < -0.39 is 18.6 Å². The van der Waals surface area contributed by atoms with Crippen LogP contribution in [0.1, 0.15) is 11.5 Å².